The Morgan fingerprint density at radius 2 is 2.10 bits per heavy atom. The van der Waals surface area contributed by atoms with Crippen molar-refractivity contribution in [2.75, 3.05) is 32.2 Å². The maximum atomic E-state index is 5.78. The molecular weight excluding hydrogens is 400 g/mol. The average molecular weight is 425 g/mol. The first-order valence-corrected chi connectivity index (χ1v) is 11.0. The summed E-state index contributed by atoms with van der Waals surface area (Å²) in [6.45, 7) is 2.94. The predicted molar refractivity (Wildman–Crippen MR) is 116 cm³/mol. The first-order valence-electron chi connectivity index (χ1n) is 10.1. The van der Waals surface area contributed by atoms with E-state index >= 15 is 0 Å². The first-order chi connectivity index (χ1) is 14.8. The van der Waals surface area contributed by atoms with Crippen molar-refractivity contribution in [2.45, 2.75) is 25.4 Å². The van der Waals surface area contributed by atoms with E-state index in [2.05, 4.69) is 33.4 Å². The minimum absolute atomic E-state index is 0.265. The number of nitrogens with zero attached hydrogens (tertiary/aromatic N) is 3. The van der Waals surface area contributed by atoms with Crippen molar-refractivity contribution in [1.29, 1.82) is 0 Å². The molecule has 1 aromatic carbocycles. The second-order valence-corrected chi connectivity index (χ2v) is 8.24. The average Bonchev–Trinajstić information content (AvgIpc) is 3.45. The zero-order valence-electron chi connectivity index (χ0n) is 16.8. The quantitative estimate of drug-likeness (QED) is 0.629. The van der Waals surface area contributed by atoms with E-state index in [1.807, 2.05) is 17.5 Å². The van der Waals surface area contributed by atoms with Crippen molar-refractivity contribution in [2.24, 2.45) is 0 Å². The van der Waals surface area contributed by atoms with Gasteiger partial charge in [-0.05, 0) is 37.6 Å². The summed E-state index contributed by atoms with van der Waals surface area (Å²) in [4.78, 5) is 11.6. The number of rotatable bonds is 6. The SMILES string of the molecule is COc1cc2c(cc1CN1CCCC1c1cccc(Nc3nccs3)n1)OCCO2. The number of pyridine rings is 1. The molecule has 8 heteroatoms. The lowest BCUT2D eigenvalue weighted by Gasteiger charge is -2.26. The first kappa shape index (κ1) is 19.1. The molecule has 7 nitrogen and oxygen atoms in total. The standard InChI is InChI=1S/C22H24N4O3S/c1-27-18-13-20-19(28-9-10-29-20)12-15(18)14-26-8-3-5-17(26)16-4-2-6-21(24-16)25-22-23-7-11-30-22/h2,4,6-7,11-13,17H,3,5,8-10,14H2,1H3,(H,23,24,25). The Balaban J connectivity index is 1.37. The summed E-state index contributed by atoms with van der Waals surface area (Å²) in [6.07, 6.45) is 4.01. The van der Waals surface area contributed by atoms with Gasteiger partial charge in [-0.1, -0.05) is 6.07 Å². The van der Waals surface area contributed by atoms with E-state index in [1.54, 1.807) is 24.6 Å². The summed E-state index contributed by atoms with van der Waals surface area (Å²) in [5, 5.41) is 6.09. The van der Waals surface area contributed by atoms with E-state index in [9.17, 15) is 0 Å². The van der Waals surface area contributed by atoms with Gasteiger partial charge in [-0.3, -0.25) is 4.90 Å². The number of benzene rings is 1. The molecule has 1 fully saturated rings. The molecule has 0 bridgehead atoms. The van der Waals surface area contributed by atoms with Gasteiger partial charge in [0.15, 0.2) is 16.6 Å². The molecule has 2 aliphatic rings. The maximum absolute atomic E-state index is 5.78. The number of anilines is 2. The van der Waals surface area contributed by atoms with Crippen molar-refractivity contribution in [3.05, 3.63) is 53.2 Å². The molecule has 0 spiro atoms. The molecule has 1 N–H and O–H groups in total. The van der Waals surface area contributed by atoms with Crippen molar-refractivity contribution in [1.82, 2.24) is 14.9 Å². The molecular formula is C22H24N4O3S. The fourth-order valence-electron chi connectivity index (χ4n) is 4.10. The van der Waals surface area contributed by atoms with Crippen LogP contribution >= 0.6 is 11.3 Å². The molecule has 0 aliphatic carbocycles. The number of hydrogen-bond donors (Lipinski definition) is 1. The predicted octanol–water partition coefficient (Wildman–Crippen LogP) is 4.40. The van der Waals surface area contributed by atoms with Gasteiger partial charge < -0.3 is 19.5 Å². The van der Waals surface area contributed by atoms with Crippen LogP contribution in [0.2, 0.25) is 0 Å². The minimum atomic E-state index is 0.265. The Morgan fingerprint density at radius 3 is 2.90 bits per heavy atom. The van der Waals surface area contributed by atoms with Crippen LogP contribution in [0.5, 0.6) is 17.2 Å². The number of ether oxygens (including phenoxy) is 3. The zero-order chi connectivity index (χ0) is 20.3. The Hall–Kier alpha value is -2.84. The van der Waals surface area contributed by atoms with E-state index in [0.717, 1.165) is 65.4 Å². The monoisotopic (exact) mass is 424 g/mol. The van der Waals surface area contributed by atoms with Crippen LogP contribution in [0.1, 0.15) is 30.1 Å². The van der Waals surface area contributed by atoms with Gasteiger partial charge in [-0.15, -0.1) is 11.3 Å². The lowest BCUT2D eigenvalue weighted by Crippen LogP contribution is -2.24. The van der Waals surface area contributed by atoms with Crippen LogP contribution in [0.3, 0.4) is 0 Å². The highest BCUT2D eigenvalue weighted by Crippen LogP contribution is 2.39. The fraction of sp³-hybridized carbons (Fsp3) is 0.364. The van der Waals surface area contributed by atoms with Gasteiger partial charge in [0.1, 0.15) is 24.8 Å². The molecule has 0 saturated carbocycles. The van der Waals surface area contributed by atoms with Gasteiger partial charge >= 0.3 is 0 Å². The number of methoxy groups -OCH3 is 1. The normalized spacial score (nSPS) is 18.4. The van der Waals surface area contributed by atoms with Gasteiger partial charge in [-0.2, -0.15) is 0 Å². The van der Waals surface area contributed by atoms with Crippen LogP contribution in [-0.2, 0) is 6.54 Å². The second kappa shape index (κ2) is 8.49. The highest BCUT2D eigenvalue weighted by atomic mass is 32.1. The summed E-state index contributed by atoms with van der Waals surface area (Å²) in [7, 11) is 1.70. The molecule has 4 heterocycles. The van der Waals surface area contributed by atoms with Crippen LogP contribution in [0.15, 0.2) is 41.9 Å². The van der Waals surface area contributed by atoms with Gasteiger partial charge in [0.05, 0.1) is 18.8 Å². The molecule has 0 radical (unpaired) electrons. The van der Waals surface area contributed by atoms with Gasteiger partial charge in [0.25, 0.3) is 0 Å². The third-order valence-corrected chi connectivity index (χ3v) is 6.15. The van der Waals surface area contributed by atoms with Gasteiger partial charge in [-0.25, -0.2) is 9.97 Å². The Bertz CT molecular complexity index is 1010. The van der Waals surface area contributed by atoms with Crippen molar-refractivity contribution in [3.63, 3.8) is 0 Å². The van der Waals surface area contributed by atoms with Crippen LogP contribution in [-0.4, -0.2) is 41.7 Å². The van der Waals surface area contributed by atoms with Crippen molar-refractivity contribution in [3.8, 4) is 17.2 Å². The minimum Gasteiger partial charge on any atom is -0.496 e. The maximum Gasteiger partial charge on any atom is 0.188 e. The van der Waals surface area contributed by atoms with Crippen LogP contribution in [0.25, 0.3) is 0 Å². The molecule has 5 rings (SSSR count). The van der Waals surface area contributed by atoms with E-state index in [4.69, 9.17) is 19.2 Å². The van der Waals surface area contributed by atoms with Crippen molar-refractivity contribution >= 4 is 22.3 Å². The highest BCUT2D eigenvalue weighted by molar-refractivity contribution is 7.13. The zero-order valence-corrected chi connectivity index (χ0v) is 17.7. The summed E-state index contributed by atoms with van der Waals surface area (Å²) >= 11 is 1.56. The summed E-state index contributed by atoms with van der Waals surface area (Å²) in [5.74, 6) is 3.20. The number of nitrogens with one attached hydrogen (secondary N) is 1. The lowest BCUT2D eigenvalue weighted by molar-refractivity contribution is 0.169. The molecule has 3 aromatic rings. The smallest absolute Gasteiger partial charge is 0.188 e. The fourth-order valence-corrected chi connectivity index (χ4v) is 4.63. The molecule has 30 heavy (non-hydrogen) atoms. The topological polar surface area (TPSA) is 68.7 Å². The molecule has 0 amide bonds. The number of hydrogen-bond acceptors (Lipinski definition) is 8. The van der Waals surface area contributed by atoms with Crippen molar-refractivity contribution < 1.29 is 14.2 Å². The van der Waals surface area contributed by atoms with Gasteiger partial charge in [0, 0.05) is 29.8 Å². The molecule has 2 aliphatic heterocycles. The number of likely N-dealkylation sites (tertiary alicyclic amines) is 1. The highest BCUT2D eigenvalue weighted by Gasteiger charge is 2.29. The summed E-state index contributed by atoms with van der Waals surface area (Å²) in [6, 6.07) is 10.4. The molecule has 2 aromatic heterocycles. The molecule has 1 atom stereocenters. The number of thiazole rings is 1. The van der Waals surface area contributed by atoms with Crippen LogP contribution in [0.4, 0.5) is 10.9 Å². The van der Waals surface area contributed by atoms with Gasteiger partial charge in [0.2, 0.25) is 0 Å². The van der Waals surface area contributed by atoms with E-state index in [1.165, 1.54) is 0 Å². The van der Waals surface area contributed by atoms with E-state index < -0.39 is 0 Å². The van der Waals surface area contributed by atoms with Crippen LogP contribution in [0, 0.1) is 0 Å². The summed E-state index contributed by atoms with van der Waals surface area (Å²) < 4.78 is 17.1. The Morgan fingerprint density at radius 1 is 1.23 bits per heavy atom. The van der Waals surface area contributed by atoms with E-state index in [0.29, 0.717) is 13.2 Å². The molecule has 1 saturated heterocycles. The summed E-state index contributed by atoms with van der Waals surface area (Å²) in [5.41, 5.74) is 2.18. The number of aromatic nitrogens is 2. The molecule has 156 valence electrons. The number of fused-ring (bicyclic) bond motifs is 1. The largest absolute Gasteiger partial charge is 0.496 e. The van der Waals surface area contributed by atoms with E-state index in [-0.39, 0.29) is 6.04 Å². The third kappa shape index (κ3) is 3.93. The Kier molecular flexibility index (Phi) is 5.42. The second-order valence-electron chi connectivity index (χ2n) is 7.35. The lowest BCUT2D eigenvalue weighted by atomic mass is 10.1. The Labute approximate surface area is 179 Å². The molecule has 1 unspecified atom stereocenters. The third-order valence-electron chi connectivity index (χ3n) is 5.46. The van der Waals surface area contributed by atoms with Crippen LogP contribution < -0.4 is 19.5 Å².